The smallest absolute Gasteiger partial charge is 0.278 e. The lowest BCUT2D eigenvalue weighted by molar-refractivity contribution is 0.0951. The number of ether oxygens (including phenoxy) is 1. The number of amides is 1. The van der Waals surface area contributed by atoms with Gasteiger partial charge in [0.05, 0.1) is 15.2 Å². The molecule has 1 amide bonds. The lowest BCUT2D eigenvalue weighted by atomic mass is 10.2. The summed E-state index contributed by atoms with van der Waals surface area (Å²) in [6.45, 7) is 2.54. The van der Waals surface area contributed by atoms with Crippen LogP contribution in [0.5, 0.6) is 10.9 Å². The van der Waals surface area contributed by atoms with Gasteiger partial charge in [0, 0.05) is 23.7 Å². The fourth-order valence-corrected chi connectivity index (χ4v) is 4.04. The van der Waals surface area contributed by atoms with Crippen LogP contribution in [0.25, 0.3) is 10.2 Å². The van der Waals surface area contributed by atoms with Crippen molar-refractivity contribution >= 4 is 38.8 Å². The van der Waals surface area contributed by atoms with Gasteiger partial charge in [-0.3, -0.25) is 4.79 Å². The molecular weight excluding hydrogens is 378 g/mol. The highest BCUT2D eigenvalue weighted by molar-refractivity contribution is 7.18. The van der Waals surface area contributed by atoms with Crippen LogP contribution in [0.15, 0.2) is 54.0 Å². The molecule has 0 saturated heterocycles. The van der Waals surface area contributed by atoms with Crippen LogP contribution in [0.1, 0.15) is 27.9 Å². The average molecular weight is 396 g/mol. The van der Waals surface area contributed by atoms with Crippen molar-refractivity contribution in [3.63, 3.8) is 0 Å². The third-order valence-electron chi connectivity index (χ3n) is 3.99. The third kappa shape index (κ3) is 4.15. The molecule has 7 heteroatoms. The topological polar surface area (TPSA) is 64.1 Å². The van der Waals surface area contributed by atoms with Gasteiger partial charge in [-0.2, -0.15) is 0 Å². The van der Waals surface area contributed by atoms with Crippen molar-refractivity contribution in [2.24, 2.45) is 0 Å². The fourth-order valence-electron chi connectivity index (χ4n) is 2.59. The van der Waals surface area contributed by atoms with Gasteiger partial charge in [0.1, 0.15) is 5.75 Å². The number of hydrogen-bond acceptors (Lipinski definition) is 6. The second kappa shape index (κ2) is 7.85. The van der Waals surface area contributed by atoms with Gasteiger partial charge in [-0.15, -0.1) is 11.3 Å². The van der Waals surface area contributed by atoms with E-state index in [4.69, 9.17) is 4.74 Å². The Morgan fingerprint density at radius 2 is 2.04 bits per heavy atom. The minimum Gasteiger partial charge on any atom is -0.431 e. The molecule has 0 aliphatic rings. The Morgan fingerprint density at radius 1 is 1.19 bits per heavy atom. The molecule has 0 unspecified atom stereocenters. The molecule has 0 aliphatic heterocycles. The summed E-state index contributed by atoms with van der Waals surface area (Å²) in [6, 6.07) is 13.3. The van der Waals surface area contributed by atoms with Gasteiger partial charge in [-0.25, -0.2) is 9.97 Å². The van der Waals surface area contributed by atoms with E-state index in [1.54, 1.807) is 17.5 Å². The van der Waals surface area contributed by atoms with Crippen molar-refractivity contribution in [3.8, 4) is 10.9 Å². The Balaban J connectivity index is 1.38. The quantitative estimate of drug-likeness (QED) is 0.497. The van der Waals surface area contributed by atoms with Gasteiger partial charge in [-0.1, -0.05) is 30.4 Å². The predicted octanol–water partition coefficient (Wildman–Crippen LogP) is 5.04. The van der Waals surface area contributed by atoms with Crippen LogP contribution < -0.4 is 10.1 Å². The van der Waals surface area contributed by atoms with E-state index in [0.717, 1.165) is 33.0 Å². The molecule has 0 aliphatic carbocycles. The van der Waals surface area contributed by atoms with Crippen molar-refractivity contribution in [1.29, 1.82) is 0 Å². The molecule has 0 spiro atoms. The number of thiazole rings is 2. The maximum atomic E-state index is 12.5. The Hall–Kier alpha value is -2.77. The molecule has 4 rings (SSSR count). The predicted molar refractivity (Wildman–Crippen MR) is 109 cm³/mol. The second-order valence-electron chi connectivity index (χ2n) is 5.87. The van der Waals surface area contributed by atoms with Crippen molar-refractivity contribution in [2.75, 3.05) is 0 Å². The number of carbonyl (C=O) groups excluding carboxylic acids is 1. The van der Waals surface area contributed by atoms with Crippen molar-refractivity contribution in [3.05, 3.63) is 70.2 Å². The number of hydrogen-bond donors (Lipinski definition) is 1. The molecule has 0 radical (unpaired) electrons. The van der Waals surface area contributed by atoms with Gasteiger partial charge >= 0.3 is 0 Å². The Bertz CT molecular complexity index is 1060. The molecule has 27 heavy (non-hydrogen) atoms. The molecule has 0 saturated carbocycles. The Morgan fingerprint density at radius 3 is 2.78 bits per heavy atom. The maximum absolute atomic E-state index is 12.5. The summed E-state index contributed by atoms with van der Waals surface area (Å²) in [5, 5.41) is 6.52. The largest absolute Gasteiger partial charge is 0.431 e. The number of aromatic nitrogens is 2. The lowest BCUT2D eigenvalue weighted by Crippen LogP contribution is -2.22. The number of fused-ring (bicyclic) bond motifs is 1. The number of aryl methyl sites for hydroxylation is 1. The molecule has 0 fully saturated rings. The van der Waals surface area contributed by atoms with Crippen molar-refractivity contribution in [1.82, 2.24) is 15.3 Å². The summed E-state index contributed by atoms with van der Waals surface area (Å²) >= 11 is 3.08. The van der Waals surface area contributed by atoms with Crippen molar-refractivity contribution in [2.45, 2.75) is 19.9 Å². The first-order valence-electron chi connectivity index (χ1n) is 8.55. The molecule has 2 aromatic heterocycles. The normalized spacial score (nSPS) is 10.9. The van der Waals surface area contributed by atoms with Crippen LogP contribution in [0.2, 0.25) is 0 Å². The zero-order chi connectivity index (χ0) is 18.6. The summed E-state index contributed by atoms with van der Waals surface area (Å²) in [7, 11) is 0. The van der Waals surface area contributed by atoms with Gasteiger partial charge in [-0.05, 0) is 42.3 Å². The monoisotopic (exact) mass is 395 g/mol. The molecular formula is C20H17N3O2S2. The number of rotatable bonds is 6. The highest BCUT2D eigenvalue weighted by atomic mass is 32.1. The van der Waals surface area contributed by atoms with E-state index in [1.165, 1.54) is 11.3 Å². The maximum Gasteiger partial charge on any atom is 0.278 e. The molecule has 1 N–H and O–H groups in total. The highest BCUT2D eigenvalue weighted by Gasteiger charge is 2.09. The number of nitrogens with zero attached hydrogens (tertiary/aromatic N) is 2. The van der Waals surface area contributed by atoms with Crippen LogP contribution in [0.3, 0.4) is 0 Å². The van der Waals surface area contributed by atoms with E-state index in [1.807, 2.05) is 47.8 Å². The van der Waals surface area contributed by atoms with E-state index in [-0.39, 0.29) is 5.91 Å². The van der Waals surface area contributed by atoms with E-state index < -0.39 is 0 Å². The minimum absolute atomic E-state index is 0.0912. The first-order valence-corrected chi connectivity index (χ1v) is 10.2. The fraction of sp³-hybridized carbons (Fsp3) is 0.150. The molecule has 4 aromatic rings. The van der Waals surface area contributed by atoms with E-state index >= 15 is 0 Å². The molecule has 0 bridgehead atoms. The molecule has 0 atom stereocenters. The van der Waals surface area contributed by atoms with Crippen LogP contribution in [-0.4, -0.2) is 15.9 Å². The molecule has 2 heterocycles. The first-order chi connectivity index (χ1) is 13.2. The molecule has 5 nitrogen and oxygen atoms in total. The van der Waals surface area contributed by atoms with Gasteiger partial charge < -0.3 is 10.1 Å². The zero-order valence-electron chi connectivity index (χ0n) is 14.6. The zero-order valence-corrected chi connectivity index (χ0v) is 16.3. The van der Waals surface area contributed by atoms with Crippen LogP contribution >= 0.6 is 22.7 Å². The van der Waals surface area contributed by atoms with Gasteiger partial charge in [0.2, 0.25) is 0 Å². The van der Waals surface area contributed by atoms with Crippen LogP contribution in [0, 0.1) is 0 Å². The summed E-state index contributed by atoms with van der Waals surface area (Å²) in [5.41, 5.74) is 2.60. The van der Waals surface area contributed by atoms with E-state index in [0.29, 0.717) is 17.3 Å². The average Bonchev–Trinajstić information content (AvgIpc) is 3.35. The van der Waals surface area contributed by atoms with Gasteiger partial charge in [0.25, 0.3) is 11.1 Å². The third-order valence-corrected chi connectivity index (χ3v) is 5.80. The Kier molecular flexibility index (Phi) is 5.13. The first kappa shape index (κ1) is 17.6. The van der Waals surface area contributed by atoms with Gasteiger partial charge in [0.15, 0.2) is 0 Å². The minimum atomic E-state index is -0.0912. The summed E-state index contributed by atoms with van der Waals surface area (Å²) in [4.78, 5) is 21.1. The summed E-state index contributed by atoms with van der Waals surface area (Å²) in [6.07, 6.45) is 2.61. The second-order valence-corrected chi connectivity index (χ2v) is 7.84. The van der Waals surface area contributed by atoms with E-state index in [9.17, 15) is 4.79 Å². The number of nitrogens with one attached hydrogen (secondary N) is 1. The van der Waals surface area contributed by atoms with Crippen LogP contribution in [-0.2, 0) is 13.0 Å². The van der Waals surface area contributed by atoms with Crippen LogP contribution in [0.4, 0.5) is 0 Å². The standard InChI is InChI=1S/C20H17N3O2S2/c1-2-18-23-16-8-5-14(11-17(16)27-18)19(24)22-12-13-3-6-15(7-4-13)25-20-21-9-10-26-20/h3-11H,2,12H2,1H3,(H,22,24). The van der Waals surface area contributed by atoms with Crippen molar-refractivity contribution < 1.29 is 9.53 Å². The molecule has 136 valence electrons. The lowest BCUT2D eigenvalue weighted by Gasteiger charge is -2.07. The number of carbonyl (C=O) groups is 1. The summed E-state index contributed by atoms with van der Waals surface area (Å²) in [5.74, 6) is 0.633. The van der Waals surface area contributed by atoms with E-state index in [2.05, 4.69) is 22.2 Å². The number of benzene rings is 2. The highest BCUT2D eigenvalue weighted by Crippen LogP contribution is 2.24. The summed E-state index contributed by atoms with van der Waals surface area (Å²) < 4.78 is 6.68. The SMILES string of the molecule is CCc1nc2ccc(C(=O)NCc3ccc(Oc4nccs4)cc3)cc2s1. The molecule has 2 aromatic carbocycles. The Labute approximate surface area is 164 Å².